The van der Waals surface area contributed by atoms with Gasteiger partial charge in [-0.05, 0) is 68.1 Å². The zero-order valence-electron chi connectivity index (χ0n) is 27.2. The van der Waals surface area contributed by atoms with Gasteiger partial charge in [0.25, 0.3) is 0 Å². The van der Waals surface area contributed by atoms with Crippen molar-refractivity contribution < 1.29 is 23.9 Å². The van der Waals surface area contributed by atoms with Gasteiger partial charge in [0.05, 0.1) is 28.9 Å². The molecule has 0 bridgehead atoms. The first-order valence-electron chi connectivity index (χ1n) is 15.4. The SMILES string of the molecule is CCOC(=O)C(C)(C)Cc1c(C(=O)C(C)(C)C)c2cc(OCc3ccccn3)ccn2c1C(=O)c1ccc(-c2cccnc2)cc1. The first-order valence-corrected chi connectivity index (χ1v) is 15.4. The first-order chi connectivity index (χ1) is 21.9. The van der Waals surface area contributed by atoms with Crippen molar-refractivity contribution in [2.45, 2.75) is 54.6 Å². The Balaban J connectivity index is 1.68. The van der Waals surface area contributed by atoms with Gasteiger partial charge in [0.2, 0.25) is 5.78 Å². The number of fused-ring (bicyclic) bond motifs is 1. The number of nitrogens with zero attached hydrogens (tertiary/aromatic N) is 3. The highest BCUT2D eigenvalue weighted by atomic mass is 16.5. The highest BCUT2D eigenvalue weighted by Crippen LogP contribution is 2.38. The maximum atomic E-state index is 14.5. The second-order valence-electron chi connectivity index (χ2n) is 12.9. The number of rotatable bonds is 11. The molecule has 0 saturated heterocycles. The zero-order valence-corrected chi connectivity index (χ0v) is 27.2. The lowest BCUT2D eigenvalue weighted by Crippen LogP contribution is -2.31. The van der Waals surface area contributed by atoms with Crippen molar-refractivity contribution in [2.24, 2.45) is 10.8 Å². The number of aromatic nitrogens is 3. The maximum absolute atomic E-state index is 14.5. The van der Waals surface area contributed by atoms with Crippen LogP contribution in [0.3, 0.4) is 0 Å². The summed E-state index contributed by atoms with van der Waals surface area (Å²) in [6.45, 7) is 11.3. The van der Waals surface area contributed by atoms with Gasteiger partial charge in [-0.3, -0.25) is 24.4 Å². The van der Waals surface area contributed by atoms with E-state index in [1.165, 1.54) is 0 Å². The van der Waals surface area contributed by atoms with E-state index in [1.54, 1.807) is 74.2 Å². The van der Waals surface area contributed by atoms with Gasteiger partial charge >= 0.3 is 5.97 Å². The molecule has 0 spiro atoms. The second-order valence-corrected chi connectivity index (χ2v) is 12.9. The zero-order chi connectivity index (χ0) is 33.1. The lowest BCUT2D eigenvalue weighted by molar-refractivity contribution is -0.153. The summed E-state index contributed by atoms with van der Waals surface area (Å²) in [5.41, 5.74) is 3.01. The van der Waals surface area contributed by atoms with Crippen LogP contribution in [0.25, 0.3) is 16.6 Å². The van der Waals surface area contributed by atoms with Gasteiger partial charge in [0, 0.05) is 47.4 Å². The van der Waals surface area contributed by atoms with Crippen LogP contribution in [0.4, 0.5) is 0 Å². The highest BCUT2D eigenvalue weighted by Gasteiger charge is 2.38. The number of ether oxygens (including phenoxy) is 2. The van der Waals surface area contributed by atoms with Crippen LogP contribution in [0.5, 0.6) is 5.75 Å². The Morgan fingerprint density at radius 1 is 0.870 bits per heavy atom. The average molecular weight is 618 g/mol. The van der Waals surface area contributed by atoms with Crippen LogP contribution >= 0.6 is 0 Å². The summed E-state index contributed by atoms with van der Waals surface area (Å²) in [5, 5.41) is 0. The average Bonchev–Trinajstić information content (AvgIpc) is 3.35. The Labute approximate surface area is 269 Å². The third kappa shape index (κ3) is 6.76. The predicted octanol–water partition coefficient (Wildman–Crippen LogP) is 7.57. The van der Waals surface area contributed by atoms with Crippen LogP contribution in [-0.4, -0.2) is 38.5 Å². The van der Waals surface area contributed by atoms with Crippen LogP contribution in [0.1, 0.15) is 79.2 Å². The van der Waals surface area contributed by atoms with Crippen molar-refractivity contribution in [2.75, 3.05) is 6.61 Å². The van der Waals surface area contributed by atoms with Gasteiger partial charge in [0.15, 0.2) is 5.78 Å². The van der Waals surface area contributed by atoms with E-state index in [1.807, 2.05) is 63.2 Å². The number of hydrogen-bond donors (Lipinski definition) is 0. The van der Waals surface area contributed by atoms with E-state index >= 15 is 0 Å². The standard InChI is InChI=1S/C38H39N3O5/c1-7-45-36(44)38(5,6)22-30-32(35(43)37(2,3)4)31-21-29(46-24-28-12-8-9-19-40-28)17-20-41(31)33(30)34(42)26-15-13-25(14-16-26)27-11-10-18-39-23-27/h8-21,23H,7,22,24H2,1-6H3. The van der Waals surface area contributed by atoms with Gasteiger partial charge < -0.3 is 13.9 Å². The maximum Gasteiger partial charge on any atom is 0.311 e. The molecule has 236 valence electrons. The molecule has 0 atom stereocenters. The smallest absolute Gasteiger partial charge is 0.311 e. The molecule has 0 amide bonds. The normalized spacial score (nSPS) is 11.8. The van der Waals surface area contributed by atoms with Gasteiger partial charge in [-0.25, -0.2) is 0 Å². The Morgan fingerprint density at radius 3 is 2.26 bits per heavy atom. The third-order valence-electron chi connectivity index (χ3n) is 7.84. The number of carbonyl (C=O) groups is 3. The van der Waals surface area contributed by atoms with Crippen molar-refractivity contribution in [3.8, 4) is 16.9 Å². The van der Waals surface area contributed by atoms with Gasteiger partial charge in [-0.15, -0.1) is 0 Å². The van der Waals surface area contributed by atoms with E-state index in [0.717, 1.165) is 16.8 Å². The van der Waals surface area contributed by atoms with E-state index in [9.17, 15) is 14.4 Å². The number of benzene rings is 1. The monoisotopic (exact) mass is 617 g/mol. The van der Waals surface area contributed by atoms with E-state index in [2.05, 4.69) is 9.97 Å². The number of pyridine rings is 3. The van der Waals surface area contributed by atoms with Crippen LogP contribution in [0.2, 0.25) is 0 Å². The molecule has 0 aliphatic carbocycles. The number of esters is 1. The number of Topliss-reactive ketones (excluding diaryl/α,β-unsaturated/α-hetero) is 1. The van der Waals surface area contributed by atoms with Crippen LogP contribution in [0.15, 0.2) is 91.5 Å². The molecule has 1 aromatic carbocycles. The summed E-state index contributed by atoms with van der Waals surface area (Å²) in [6, 6.07) is 20.3. The molecule has 0 fully saturated rings. The highest BCUT2D eigenvalue weighted by molar-refractivity contribution is 6.15. The Bertz CT molecular complexity index is 1870. The molecule has 0 radical (unpaired) electrons. The molecule has 4 heterocycles. The van der Waals surface area contributed by atoms with Crippen molar-refractivity contribution in [3.05, 3.63) is 120 Å². The largest absolute Gasteiger partial charge is 0.487 e. The van der Waals surface area contributed by atoms with Gasteiger partial charge in [0.1, 0.15) is 12.4 Å². The Kier molecular flexibility index (Phi) is 9.19. The van der Waals surface area contributed by atoms with E-state index < -0.39 is 16.8 Å². The van der Waals surface area contributed by atoms with Crippen LogP contribution < -0.4 is 4.74 Å². The first kappa shape index (κ1) is 32.3. The number of hydrogen-bond acceptors (Lipinski definition) is 7. The number of carbonyl (C=O) groups excluding carboxylic acids is 3. The Morgan fingerprint density at radius 2 is 1.63 bits per heavy atom. The molecule has 0 N–H and O–H groups in total. The van der Waals surface area contributed by atoms with E-state index in [-0.39, 0.29) is 31.2 Å². The van der Waals surface area contributed by atoms with Crippen molar-refractivity contribution >= 4 is 23.1 Å². The minimum absolute atomic E-state index is 0.115. The van der Waals surface area contributed by atoms with Crippen molar-refractivity contribution in [1.29, 1.82) is 0 Å². The van der Waals surface area contributed by atoms with Gasteiger partial charge in [-0.2, -0.15) is 0 Å². The number of ketones is 2. The minimum Gasteiger partial charge on any atom is -0.487 e. The molecule has 0 aliphatic rings. The third-order valence-corrected chi connectivity index (χ3v) is 7.84. The topological polar surface area (TPSA) is 99.9 Å². The summed E-state index contributed by atoms with van der Waals surface area (Å²) in [5.74, 6) is -0.294. The molecular weight excluding hydrogens is 578 g/mol. The molecule has 0 saturated carbocycles. The summed E-state index contributed by atoms with van der Waals surface area (Å²) in [6.07, 6.45) is 7.05. The molecule has 4 aromatic heterocycles. The molecule has 46 heavy (non-hydrogen) atoms. The van der Waals surface area contributed by atoms with Crippen molar-refractivity contribution in [1.82, 2.24) is 14.4 Å². The molecule has 5 rings (SSSR count). The predicted molar refractivity (Wildman–Crippen MR) is 177 cm³/mol. The summed E-state index contributed by atoms with van der Waals surface area (Å²) in [7, 11) is 0. The molecule has 8 nitrogen and oxygen atoms in total. The fourth-order valence-electron chi connectivity index (χ4n) is 5.39. The molecular formula is C38H39N3O5. The second kappa shape index (κ2) is 13.1. The quantitative estimate of drug-likeness (QED) is 0.111. The minimum atomic E-state index is -1.02. The van der Waals surface area contributed by atoms with E-state index in [4.69, 9.17) is 9.47 Å². The van der Waals surface area contributed by atoms with Crippen LogP contribution in [-0.2, 0) is 22.6 Å². The molecule has 0 aliphatic heterocycles. The lowest BCUT2D eigenvalue weighted by atomic mass is 9.79. The molecule has 8 heteroatoms. The Hall–Kier alpha value is -5.11. The van der Waals surface area contributed by atoms with Crippen LogP contribution in [0, 0.1) is 10.8 Å². The van der Waals surface area contributed by atoms with E-state index in [0.29, 0.717) is 33.7 Å². The van der Waals surface area contributed by atoms with Crippen molar-refractivity contribution in [3.63, 3.8) is 0 Å². The molecule has 0 unspecified atom stereocenters. The molecule has 5 aromatic rings. The summed E-state index contributed by atoms with van der Waals surface area (Å²) >= 11 is 0. The van der Waals surface area contributed by atoms with Gasteiger partial charge in [-0.1, -0.05) is 57.2 Å². The fraction of sp³-hybridized carbons (Fsp3) is 0.289. The lowest BCUT2D eigenvalue weighted by Gasteiger charge is -2.24. The summed E-state index contributed by atoms with van der Waals surface area (Å²) < 4.78 is 13.2. The summed E-state index contributed by atoms with van der Waals surface area (Å²) in [4.78, 5) is 50.4. The fourth-order valence-corrected chi connectivity index (χ4v) is 5.39.